The van der Waals surface area contributed by atoms with Crippen LogP contribution in [-0.4, -0.2) is 47.3 Å². The van der Waals surface area contributed by atoms with Gasteiger partial charge in [0.15, 0.2) is 16.7 Å². The average Bonchev–Trinajstić information content (AvgIpc) is 2.94. The molecule has 1 aliphatic rings. The highest BCUT2D eigenvalue weighted by atomic mass is 32.2. The van der Waals surface area contributed by atoms with Crippen molar-refractivity contribution in [3.8, 4) is 11.5 Å². The molecule has 1 aliphatic heterocycles. The molecule has 1 heterocycles. The van der Waals surface area contributed by atoms with Gasteiger partial charge in [-0.05, 0) is 43.7 Å². The number of hydrogen-bond acceptors (Lipinski definition) is 7. The largest absolute Gasteiger partial charge is 0.493 e. The predicted octanol–water partition coefficient (Wildman–Crippen LogP) is 2.44. The van der Waals surface area contributed by atoms with Crippen LogP contribution in [-0.2, 0) is 9.59 Å². The number of nitrogens with zero attached hydrogens (tertiary/aromatic N) is 2. The van der Waals surface area contributed by atoms with Gasteiger partial charge in [0.25, 0.3) is 0 Å². The minimum Gasteiger partial charge on any atom is -0.493 e. The van der Waals surface area contributed by atoms with Crippen LogP contribution in [0, 0.1) is 0 Å². The third-order valence-corrected chi connectivity index (χ3v) is 4.48. The van der Waals surface area contributed by atoms with E-state index in [1.807, 2.05) is 19.9 Å². The lowest BCUT2D eigenvalue weighted by atomic mass is 10.2. The van der Waals surface area contributed by atoms with Crippen molar-refractivity contribution in [2.24, 2.45) is 10.2 Å². The molecular weight excluding hydrogens is 370 g/mol. The number of hydrogen-bond donors (Lipinski definition) is 2. The maximum absolute atomic E-state index is 11.6. The number of allylic oxidation sites excluding steroid dienone is 1. The Balaban J connectivity index is 2.01. The van der Waals surface area contributed by atoms with Gasteiger partial charge < -0.3 is 19.9 Å². The smallest absolute Gasteiger partial charge is 0.305 e. The van der Waals surface area contributed by atoms with Crippen LogP contribution >= 0.6 is 11.8 Å². The molecule has 1 atom stereocenters. The lowest BCUT2D eigenvalue weighted by Crippen LogP contribution is -2.26. The number of carbonyl (C=O) groups is 2. The number of rotatable bonds is 8. The Kier molecular flexibility index (Phi) is 7.42. The molecule has 2 N–H and O–H groups in total. The Morgan fingerprint density at radius 1 is 1.37 bits per heavy atom. The molecular formula is C18H21N3O5S. The molecule has 1 saturated heterocycles. The molecule has 0 aliphatic carbocycles. The summed E-state index contributed by atoms with van der Waals surface area (Å²) in [7, 11) is 1.55. The summed E-state index contributed by atoms with van der Waals surface area (Å²) in [5, 5.41) is 18.7. The Morgan fingerprint density at radius 2 is 2.15 bits per heavy atom. The number of thioether (sulfide) groups is 1. The van der Waals surface area contributed by atoms with E-state index in [2.05, 4.69) is 15.5 Å². The van der Waals surface area contributed by atoms with Gasteiger partial charge in [-0.3, -0.25) is 9.59 Å². The number of carboxylic acids is 1. The van der Waals surface area contributed by atoms with Crippen LogP contribution in [0.25, 0.3) is 0 Å². The molecule has 27 heavy (non-hydrogen) atoms. The molecule has 0 aromatic heterocycles. The van der Waals surface area contributed by atoms with Crippen molar-refractivity contribution >= 4 is 35.0 Å². The Hall–Kier alpha value is -2.81. The summed E-state index contributed by atoms with van der Waals surface area (Å²) >= 11 is 1.05. The molecule has 0 radical (unpaired) electrons. The van der Waals surface area contributed by atoms with Crippen LogP contribution in [0.3, 0.4) is 0 Å². The van der Waals surface area contributed by atoms with E-state index in [1.165, 1.54) is 11.8 Å². The first kappa shape index (κ1) is 20.5. The van der Waals surface area contributed by atoms with Gasteiger partial charge >= 0.3 is 5.97 Å². The summed E-state index contributed by atoms with van der Waals surface area (Å²) < 4.78 is 11.0. The van der Waals surface area contributed by atoms with Crippen LogP contribution in [0.15, 0.2) is 40.1 Å². The van der Waals surface area contributed by atoms with E-state index in [-0.39, 0.29) is 17.5 Å². The Morgan fingerprint density at radius 3 is 2.81 bits per heavy atom. The van der Waals surface area contributed by atoms with Crippen molar-refractivity contribution in [2.75, 3.05) is 13.7 Å². The third-order valence-electron chi connectivity index (χ3n) is 3.41. The zero-order chi connectivity index (χ0) is 19.8. The topological polar surface area (TPSA) is 110 Å². The summed E-state index contributed by atoms with van der Waals surface area (Å²) in [6, 6.07) is 5.34. The molecule has 1 aromatic rings. The van der Waals surface area contributed by atoms with E-state index >= 15 is 0 Å². The van der Waals surface area contributed by atoms with Gasteiger partial charge in [-0.15, -0.1) is 5.10 Å². The monoisotopic (exact) mass is 391 g/mol. The molecule has 1 fully saturated rings. The molecule has 0 spiro atoms. The van der Waals surface area contributed by atoms with E-state index in [0.717, 1.165) is 17.3 Å². The van der Waals surface area contributed by atoms with Crippen LogP contribution in [0.2, 0.25) is 0 Å². The average molecular weight is 391 g/mol. The van der Waals surface area contributed by atoms with E-state index < -0.39 is 11.2 Å². The quantitative estimate of drug-likeness (QED) is 0.400. The molecule has 1 aromatic carbocycles. The standard InChI is InChI=1S/C18H21N3O5S/c1-11(2)6-7-26-13-5-4-12(8-14(13)25-3)10-19-21-18-20-17(24)15(27-18)9-16(22)23/h4-6,8,10,15H,7,9H2,1-3H3,(H,22,23)(H,20,21,24). The lowest BCUT2D eigenvalue weighted by Gasteiger charge is -2.09. The molecule has 144 valence electrons. The lowest BCUT2D eigenvalue weighted by molar-refractivity contribution is -0.138. The van der Waals surface area contributed by atoms with Crippen molar-refractivity contribution in [3.05, 3.63) is 35.4 Å². The van der Waals surface area contributed by atoms with Gasteiger partial charge in [0.05, 0.1) is 19.7 Å². The first-order chi connectivity index (χ1) is 12.9. The highest BCUT2D eigenvalue weighted by Crippen LogP contribution is 2.27. The summed E-state index contributed by atoms with van der Waals surface area (Å²) in [6.45, 7) is 4.45. The number of ether oxygens (including phenoxy) is 2. The van der Waals surface area contributed by atoms with Gasteiger partial charge in [0.1, 0.15) is 11.9 Å². The second-order valence-electron chi connectivity index (χ2n) is 5.85. The van der Waals surface area contributed by atoms with Gasteiger partial charge in [-0.1, -0.05) is 17.3 Å². The number of amidine groups is 1. The molecule has 9 heteroatoms. The minimum absolute atomic E-state index is 0.259. The summed E-state index contributed by atoms with van der Waals surface area (Å²) in [5.74, 6) is -0.227. The number of benzene rings is 1. The summed E-state index contributed by atoms with van der Waals surface area (Å²) in [6.07, 6.45) is 3.22. The van der Waals surface area contributed by atoms with Gasteiger partial charge in [0, 0.05) is 0 Å². The minimum atomic E-state index is -1.04. The van der Waals surface area contributed by atoms with Crippen molar-refractivity contribution in [1.82, 2.24) is 5.32 Å². The Labute approximate surface area is 161 Å². The fourth-order valence-corrected chi connectivity index (χ4v) is 2.99. The second kappa shape index (κ2) is 9.77. The van der Waals surface area contributed by atoms with E-state index in [1.54, 1.807) is 25.3 Å². The predicted molar refractivity (Wildman–Crippen MR) is 105 cm³/mol. The van der Waals surface area contributed by atoms with Crippen LogP contribution in [0.5, 0.6) is 11.5 Å². The maximum atomic E-state index is 11.6. The summed E-state index contributed by atoms with van der Waals surface area (Å²) in [4.78, 5) is 22.3. The number of nitrogens with one attached hydrogen (secondary N) is 1. The first-order valence-electron chi connectivity index (χ1n) is 8.13. The number of methoxy groups -OCH3 is 1. The van der Waals surface area contributed by atoms with Crippen molar-refractivity contribution in [1.29, 1.82) is 0 Å². The van der Waals surface area contributed by atoms with E-state index in [9.17, 15) is 9.59 Å². The van der Waals surface area contributed by atoms with E-state index in [4.69, 9.17) is 14.6 Å². The zero-order valence-electron chi connectivity index (χ0n) is 15.3. The number of amides is 1. The van der Waals surface area contributed by atoms with Crippen LogP contribution in [0.4, 0.5) is 0 Å². The second-order valence-corrected chi connectivity index (χ2v) is 7.04. The van der Waals surface area contributed by atoms with Crippen LogP contribution in [0.1, 0.15) is 25.8 Å². The van der Waals surface area contributed by atoms with Gasteiger partial charge in [0.2, 0.25) is 5.91 Å². The number of aliphatic carboxylic acids is 1. The van der Waals surface area contributed by atoms with E-state index in [0.29, 0.717) is 18.1 Å². The number of carbonyl (C=O) groups excluding carboxylic acids is 1. The fourth-order valence-electron chi connectivity index (χ4n) is 2.07. The molecule has 1 amide bonds. The maximum Gasteiger partial charge on any atom is 0.305 e. The molecule has 0 saturated carbocycles. The first-order valence-corrected chi connectivity index (χ1v) is 9.01. The Bertz CT molecular complexity index is 800. The molecule has 1 unspecified atom stereocenters. The SMILES string of the molecule is COc1cc(C=NN=C2NC(=O)C(CC(=O)O)S2)ccc1OCC=C(C)C. The molecule has 8 nitrogen and oxygen atoms in total. The number of carboxylic acid groups (broad SMARTS) is 1. The highest BCUT2D eigenvalue weighted by Gasteiger charge is 2.32. The van der Waals surface area contributed by atoms with Crippen molar-refractivity contribution in [2.45, 2.75) is 25.5 Å². The van der Waals surface area contributed by atoms with Crippen molar-refractivity contribution < 1.29 is 24.2 Å². The fraction of sp³-hybridized carbons (Fsp3) is 0.333. The highest BCUT2D eigenvalue weighted by molar-refractivity contribution is 8.15. The third kappa shape index (κ3) is 6.45. The molecule has 2 rings (SSSR count). The normalized spacial score (nSPS) is 17.8. The zero-order valence-corrected chi connectivity index (χ0v) is 16.1. The van der Waals surface area contributed by atoms with Gasteiger partial charge in [-0.25, -0.2) is 0 Å². The summed E-state index contributed by atoms with van der Waals surface area (Å²) in [5.41, 5.74) is 1.90. The van der Waals surface area contributed by atoms with Crippen LogP contribution < -0.4 is 14.8 Å². The van der Waals surface area contributed by atoms with Gasteiger partial charge in [-0.2, -0.15) is 5.10 Å². The molecule has 0 bridgehead atoms. The van der Waals surface area contributed by atoms with Crippen molar-refractivity contribution in [3.63, 3.8) is 0 Å².